The normalized spacial score (nSPS) is 10.1. The Balaban J connectivity index is 2.69. The third kappa shape index (κ3) is 3.92. The number of aliphatic hydroxyl groups is 1. The quantitative estimate of drug-likeness (QED) is 0.438. The lowest BCUT2D eigenvalue weighted by atomic mass is 10.1. The summed E-state index contributed by atoms with van der Waals surface area (Å²) < 4.78 is 10.4. The summed E-state index contributed by atoms with van der Waals surface area (Å²) >= 11 is 0. The second kappa shape index (κ2) is 7.55. The van der Waals surface area contributed by atoms with E-state index in [1.807, 2.05) is 6.92 Å². The largest absolute Gasteiger partial charge is 0.491 e. The van der Waals surface area contributed by atoms with Crippen LogP contribution < -0.4 is 10.5 Å². The minimum Gasteiger partial charge on any atom is -0.491 e. The first kappa shape index (κ1) is 14.3. The lowest BCUT2D eigenvalue weighted by molar-refractivity contribution is 0.0488. The van der Waals surface area contributed by atoms with Crippen LogP contribution >= 0.6 is 0 Å². The van der Waals surface area contributed by atoms with E-state index in [0.29, 0.717) is 36.4 Å². The zero-order chi connectivity index (χ0) is 13.4. The molecule has 100 valence electrons. The van der Waals surface area contributed by atoms with Crippen molar-refractivity contribution in [1.29, 1.82) is 0 Å². The highest BCUT2D eigenvalue weighted by molar-refractivity contribution is 5.94. The topological polar surface area (TPSA) is 81.8 Å². The number of carbonyl (C=O) groups excluding carboxylic acids is 1. The molecule has 0 unspecified atom stereocenters. The molecule has 1 aromatic carbocycles. The fraction of sp³-hybridized carbons (Fsp3) is 0.462. The summed E-state index contributed by atoms with van der Waals surface area (Å²) in [6.07, 6.45) is 1.25. The maximum atomic E-state index is 11.8. The Bertz CT molecular complexity index is 393. The van der Waals surface area contributed by atoms with E-state index in [-0.39, 0.29) is 13.2 Å². The highest BCUT2D eigenvalue weighted by atomic mass is 16.5. The first-order chi connectivity index (χ1) is 8.70. The van der Waals surface area contributed by atoms with Crippen molar-refractivity contribution in [2.24, 2.45) is 0 Å². The summed E-state index contributed by atoms with van der Waals surface area (Å²) in [6, 6.07) is 4.98. The van der Waals surface area contributed by atoms with E-state index in [9.17, 15) is 4.79 Å². The summed E-state index contributed by atoms with van der Waals surface area (Å²) in [6.45, 7) is 2.63. The van der Waals surface area contributed by atoms with Crippen LogP contribution in [0.3, 0.4) is 0 Å². The van der Waals surface area contributed by atoms with E-state index in [1.54, 1.807) is 18.2 Å². The minimum atomic E-state index is -0.455. The van der Waals surface area contributed by atoms with Gasteiger partial charge in [0.05, 0.1) is 18.9 Å². The number of hydrogen-bond donors (Lipinski definition) is 2. The standard InChI is InChI=1S/C13H19NO4/c1-2-17-12-10(6-5-7-11(12)14)13(16)18-9-4-3-8-15/h5-7,15H,2-4,8-9,14H2,1H3. The fourth-order valence-corrected chi connectivity index (χ4v) is 1.48. The second-order valence-electron chi connectivity index (χ2n) is 3.72. The van der Waals surface area contributed by atoms with E-state index in [0.717, 1.165) is 0 Å². The van der Waals surface area contributed by atoms with E-state index >= 15 is 0 Å². The van der Waals surface area contributed by atoms with Crippen LogP contribution in [0, 0.1) is 0 Å². The number of carbonyl (C=O) groups is 1. The Labute approximate surface area is 107 Å². The third-order valence-electron chi connectivity index (χ3n) is 2.34. The zero-order valence-corrected chi connectivity index (χ0v) is 10.5. The average molecular weight is 253 g/mol. The molecule has 1 rings (SSSR count). The van der Waals surface area contributed by atoms with Gasteiger partial charge in [0.1, 0.15) is 5.56 Å². The number of ether oxygens (including phenoxy) is 2. The van der Waals surface area contributed by atoms with Crippen molar-refractivity contribution < 1.29 is 19.4 Å². The molecule has 0 fully saturated rings. The van der Waals surface area contributed by atoms with Crippen molar-refractivity contribution in [3.63, 3.8) is 0 Å². The lowest BCUT2D eigenvalue weighted by Gasteiger charge is -2.12. The van der Waals surface area contributed by atoms with Crippen molar-refractivity contribution in [2.75, 3.05) is 25.6 Å². The molecule has 0 saturated heterocycles. The molecule has 0 aliphatic rings. The molecule has 18 heavy (non-hydrogen) atoms. The van der Waals surface area contributed by atoms with Crippen LogP contribution in [0.2, 0.25) is 0 Å². The van der Waals surface area contributed by atoms with Crippen molar-refractivity contribution >= 4 is 11.7 Å². The second-order valence-corrected chi connectivity index (χ2v) is 3.72. The van der Waals surface area contributed by atoms with E-state index in [4.69, 9.17) is 20.3 Å². The van der Waals surface area contributed by atoms with Gasteiger partial charge in [-0.05, 0) is 31.9 Å². The summed E-state index contributed by atoms with van der Waals surface area (Å²) in [5.74, 6) is -0.0872. The van der Waals surface area contributed by atoms with Gasteiger partial charge in [-0.1, -0.05) is 6.07 Å². The number of para-hydroxylation sites is 1. The molecule has 5 heteroatoms. The smallest absolute Gasteiger partial charge is 0.342 e. The SMILES string of the molecule is CCOc1c(N)cccc1C(=O)OCCCCO. The predicted octanol–water partition coefficient (Wildman–Crippen LogP) is 1.60. The molecule has 0 amide bonds. The van der Waals surface area contributed by atoms with Gasteiger partial charge < -0.3 is 20.3 Å². The third-order valence-corrected chi connectivity index (χ3v) is 2.34. The van der Waals surface area contributed by atoms with Crippen LogP contribution in [0.4, 0.5) is 5.69 Å². The maximum absolute atomic E-state index is 11.8. The zero-order valence-electron chi connectivity index (χ0n) is 10.5. The number of benzene rings is 1. The highest BCUT2D eigenvalue weighted by Crippen LogP contribution is 2.27. The van der Waals surface area contributed by atoms with Crippen LogP contribution in [0.15, 0.2) is 18.2 Å². The van der Waals surface area contributed by atoms with Crippen LogP contribution in [0.25, 0.3) is 0 Å². The van der Waals surface area contributed by atoms with Gasteiger partial charge in [-0.25, -0.2) is 4.79 Å². The van der Waals surface area contributed by atoms with Crippen molar-refractivity contribution in [2.45, 2.75) is 19.8 Å². The molecular formula is C13H19NO4. The average Bonchev–Trinajstić information content (AvgIpc) is 2.37. The number of nitrogen functional groups attached to an aromatic ring is 1. The van der Waals surface area contributed by atoms with E-state index in [2.05, 4.69) is 0 Å². The molecule has 5 nitrogen and oxygen atoms in total. The maximum Gasteiger partial charge on any atom is 0.342 e. The number of esters is 1. The van der Waals surface area contributed by atoms with Crippen LogP contribution in [-0.4, -0.2) is 30.9 Å². The number of rotatable bonds is 7. The molecule has 0 atom stereocenters. The monoisotopic (exact) mass is 253 g/mol. The molecule has 0 bridgehead atoms. The molecule has 3 N–H and O–H groups in total. The van der Waals surface area contributed by atoms with Crippen LogP contribution in [0.5, 0.6) is 5.75 Å². The fourth-order valence-electron chi connectivity index (χ4n) is 1.48. The summed E-state index contributed by atoms with van der Waals surface area (Å²) in [5.41, 5.74) is 6.51. The van der Waals surface area contributed by atoms with Gasteiger partial charge in [0.2, 0.25) is 0 Å². The van der Waals surface area contributed by atoms with E-state index < -0.39 is 5.97 Å². The number of aliphatic hydroxyl groups excluding tert-OH is 1. The Kier molecular flexibility index (Phi) is 6.00. The Morgan fingerprint density at radius 1 is 1.39 bits per heavy atom. The van der Waals surface area contributed by atoms with E-state index in [1.165, 1.54) is 0 Å². The van der Waals surface area contributed by atoms with Gasteiger partial charge in [0.15, 0.2) is 5.75 Å². The Morgan fingerprint density at radius 2 is 2.17 bits per heavy atom. The van der Waals surface area contributed by atoms with Crippen molar-refractivity contribution in [3.05, 3.63) is 23.8 Å². The van der Waals surface area contributed by atoms with Gasteiger partial charge in [-0.15, -0.1) is 0 Å². The molecular weight excluding hydrogens is 234 g/mol. The summed E-state index contributed by atoms with van der Waals surface area (Å²) in [4.78, 5) is 11.8. The molecule has 0 aromatic heterocycles. The lowest BCUT2D eigenvalue weighted by Crippen LogP contribution is -2.10. The number of anilines is 1. The number of unbranched alkanes of at least 4 members (excludes halogenated alkanes) is 1. The first-order valence-corrected chi connectivity index (χ1v) is 6.00. The number of nitrogens with two attached hydrogens (primary N) is 1. The van der Waals surface area contributed by atoms with Gasteiger partial charge in [0.25, 0.3) is 0 Å². The highest BCUT2D eigenvalue weighted by Gasteiger charge is 2.15. The Morgan fingerprint density at radius 3 is 2.83 bits per heavy atom. The van der Waals surface area contributed by atoms with Gasteiger partial charge in [-0.2, -0.15) is 0 Å². The van der Waals surface area contributed by atoms with Crippen molar-refractivity contribution in [1.82, 2.24) is 0 Å². The molecule has 0 radical (unpaired) electrons. The van der Waals surface area contributed by atoms with Gasteiger partial charge >= 0.3 is 5.97 Å². The molecule has 0 aliphatic carbocycles. The predicted molar refractivity (Wildman–Crippen MR) is 68.6 cm³/mol. The molecule has 0 aliphatic heterocycles. The van der Waals surface area contributed by atoms with Crippen molar-refractivity contribution in [3.8, 4) is 5.75 Å². The Hall–Kier alpha value is -1.75. The van der Waals surface area contributed by atoms with Gasteiger partial charge in [-0.3, -0.25) is 0 Å². The number of hydrogen-bond acceptors (Lipinski definition) is 5. The minimum absolute atomic E-state index is 0.0973. The van der Waals surface area contributed by atoms with Crippen LogP contribution in [-0.2, 0) is 4.74 Å². The first-order valence-electron chi connectivity index (χ1n) is 6.00. The molecule has 0 heterocycles. The summed E-state index contributed by atoms with van der Waals surface area (Å²) in [5, 5.41) is 8.62. The molecule has 0 spiro atoms. The molecule has 1 aromatic rings. The molecule has 0 saturated carbocycles. The van der Waals surface area contributed by atoms with Gasteiger partial charge in [0, 0.05) is 6.61 Å². The van der Waals surface area contributed by atoms with Crippen LogP contribution in [0.1, 0.15) is 30.1 Å². The summed E-state index contributed by atoms with van der Waals surface area (Å²) in [7, 11) is 0.